The smallest absolute Gasteiger partial charge is 0.150 e. The van der Waals surface area contributed by atoms with Crippen molar-refractivity contribution in [3.05, 3.63) is 71.8 Å². The molecule has 5 nitrogen and oxygen atoms in total. The van der Waals surface area contributed by atoms with Gasteiger partial charge >= 0.3 is 0 Å². The van der Waals surface area contributed by atoms with Crippen LogP contribution in [0.1, 0.15) is 108 Å². The summed E-state index contributed by atoms with van der Waals surface area (Å²) in [6.45, 7) is 6.86. The molecule has 0 saturated heterocycles. The Kier molecular flexibility index (Phi) is 16.0. The standard InChI is InChI=1S/C36H57NO4/c1-4-6-8-10-18-24-33(38)30-41-36(37(3)25-19-11-9-7-5-2)27-34(39-28-31-20-14-12-15-21-31)26-35(36)40-29-32-22-16-13-17-23-32/h12-17,20-23,33-35,38H,4-11,18-19,24-30H2,1-3H3/t33?,34-,35+,36-/m0/s1. The minimum atomic E-state index is -0.635. The van der Waals surface area contributed by atoms with Crippen molar-refractivity contribution in [2.75, 3.05) is 20.2 Å². The number of benzene rings is 2. The van der Waals surface area contributed by atoms with Crippen molar-refractivity contribution in [2.24, 2.45) is 0 Å². The van der Waals surface area contributed by atoms with Gasteiger partial charge in [0, 0.05) is 19.4 Å². The van der Waals surface area contributed by atoms with E-state index in [4.69, 9.17) is 14.2 Å². The highest BCUT2D eigenvalue weighted by atomic mass is 16.6. The fourth-order valence-corrected chi connectivity index (χ4v) is 5.96. The minimum absolute atomic E-state index is 0.0182. The zero-order chi connectivity index (χ0) is 29.2. The Morgan fingerprint density at radius 1 is 0.780 bits per heavy atom. The molecule has 1 N–H and O–H groups in total. The normalized spacial score (nSPS) is 21.5. The van der Waals surface area contributed by atoms with Crippen molar-refractivity contribution < 1.29 is 19.3 Å². The van der Waals surface area contributed by atoms with Gasteiger partial charge in [-0.1, -0.05) is 132 Å². The molecule has 0 radical (unpaired) electrons. The van der Waals surface area contributed by atoms with E-state index in [1.807, 2.05) is 12.1 Å². The number of unbranched alkanes of at least 4 members (excludes halogenated alkanes) is 8. The summed E-state index contributed by atoms with van der Waals surface area (Å²) in [5.41, 5.74) is 1.70. The van der Waals surface area contributed by atoms with Crippen LogP contribution < -0.4 is 0 Å². The van der Waals surface area contributed by atoms with Gasteiger partial charge in [-0.15, -0.1) is 0 Å². The quantitative estimate of drug-likeness (QED) is 0.115. The maximum atomic E-state index is 10.9. The Morgan fingerprint density at radius 3 is 1.95 bits per heavy atom. The Hall–Kier alpha value is -1.76. The number of nitrogens with zero attached hydrogens (tertiary/aromatic N) is 1. The van der Waals surface area contributed by atoms with Gasteiger partial charge in [-0.3, -0.25) is 4.90 Å². The fraction of sp³-hybridized carbons (Fsp3) is 0.667. The van der Waals surface area contributed by atoms with Crippen molar-refractivity contribution in [1.82, 2.24) is 4.90 Å². The summed E-state index contributed by atoms with van der Waals surface area (Å²) in [7, 11) is 2.18. The molecule has 1 saturated carbocycles. The van der Waals surface area contributed by atoms with E-state index >= 15 is 0 Å². The highest BCUT2D eigenvalue weighted by Gasteiger charge is 2.52. The van der Waals surface area contributed by atoms with Gasteiger partial charge in [0.05, 0.1) is 32.0 Å². The number of aliphatic hydroxyl groups is 1. The maximum Gasteiger partial charge on any atom is 0.150 e. The second-order valence-electron chi connectivity index (χ2n) is 12.0. The van der Waals surface area contributed by atoms with E-state index < -0.39 is 11.8 Å². The van der Waals surface area contributed by atoms with Crippen molar-refractivity contribution in [2.45, 2.75) is 135 Å². The first kappa shape index (κ1) is 33.7. The van der Waals surface area contributed by atoms with E-state index in [0.29, 0.717) is 19.8 Å². The summed E-state index contributed by atoms with van der Waals surface area (Å²) in [6, 6.07) is 20.8. The lowest BCUT2D eigenvalue weighted by molar-refractivity contribution is -0.221. The number of rotatable bonds is 22. The molecule has 5 heteroatoms. The molecule has 1 unspecified atom stereocenters. The second kappa shape index (κ2) is 19.4. The highest BCUT2D eigenvalue weighted by Crippen LogP contribution is 2.41. The average Bonchev–Trinajstić information content (AvgIpc) is 3.37. The summed E-state index contributed by atoms with van der Waals surface area (Å²) in [5, 5.41) is 10.9. The van der Waals surface area contributed by atoms with Gasteiger partial charge in [0.25, 0.3) is 0 Å². The molecule has 4 atom stereocenters. The third-order valence-corrected chi connectivity index (χ3v) is 8.53. The van der Waals surface area contributed by atoms with E-state index in [-0.39, 0.29) is 12.2 Å². The summed E-state index contributed by atoms with van der Waals surface area (Å²) in [5.74, 6) is 0. The van der Waals surface area contributed by atoms with Crippen LogP contribution in [-0.2, 0) is 27.4 Å². The Morgan fingerprint density at radius 2 is 1.34 bits per heavy atom. The summed E-state index contributed by atoms with van der Waals surface area (Å²) >= 11 is 0. The third kappa shape index (κ3) is 11.8. The average molecular weight is 568 g/mol. The SMILES string of the molecule is CCCCCCCC(O)CO[C@@]1(N(C)CCCCCCC)C[C@@H](OCc2ccccc2)C[C@H]1OCc1ccccc1. The summed E-state index contributed by atoms with van der Waals surface area (Å²) < 4.78 is 20.0. The van der Waals surface area contributed by atoms with E-state index in [1.54, 1.807) is 0 Å². The van der Waals surface area contributed by atoms with Crippen LogP contribution in [-0.4, -0.2) is 54.2 Å². The number of aliphatic hydroxyl groups excluding tert-OH is 1. The van der Waals surface area contributed by atoms with E-state index in [0.717, 1.165) is 44.2 Å². The van der Waals surface area contributed by atoms with Gasteiger partial charge in [-0.2, -0.15) is 0 Å². The Balaban J connectivity index is 1.72. The maximum absolute atomic E-state index is 10.9. The molecule has 230 valence electrons. The van der Waals surface area contributed by atoms with Crippen LogP contribution in [0.3, 0.4) is 0 Å². The van der Waals surface area contributed by atoms with Crippen LogP contribution in [0.4, 0.5) is 0 Å². The van der Waals surface area contributed by atoms with Crippen LogP contribution in [0.5, 0.6) is 0 Å². The number of hydrogen-bond acceptors (Lipinski definition) is 5. The van der Waals surface area contributed by atoms with Crippen LogP contribution in [0.25, 0.3) is 0 Å². The van der Waals surface area contributed by atoms with Gasteiger partial charge in [-0.05, 0) is 31.0 Å². The van der Waals surface area contributed by atoms with E-state index in [9.17, 15) is 5.11 Å². The van der Waals surface area contributed by atoms with Crippen LogP contribution >= 0.6 is 0 Å². The number of hydrogen-bond donors (Lipinski definition) is 1. The minimum Gasteiger partial charge on any atom is -0.391 e. The molecule has 3 rings (SSSR count). The molecule has 1 aliphatic rings. The third-order valence-electron chi connectivity index (χ3n) is 8.53. The molecule has 0 bridgehead atoms. The Bertz CT molecular complexity index is 910. The molecule has 1 aliphatic carbocycles. The van der Waals surface area contributed by atoms with Crippen molar-refractivity contribution >= 4 is 0 Å². The molecule has 0 aliphatic heterocycles. The van der Waals surface area contributed by atoms with Gasteiger partial charge in [-0.25, -0.2) is 0 Å². The molecule has 0 amide bonds. The lowest BCUT2D eigenvalue weighted by Gasteiger charge is -2.43. The first-order valence-corrected chi connectivity index (χ1v) is 16.4. The summed E-state index contributed by atoms with van der Waals surface area (Å²) in [6.07, 6.45) is 13.8. The van der Waals surface area contributed by atoms with E-state index in [1.165, 1.54) is 56.9 Å². The zero-order valence-corrected chi connectivity index (χ0v) is 26.1. The van der Waals surface area contributed by atoms with Gasteiger partial charge < -0.3 is 19.3 Å². The molecule has 2 aromatic carbocycles. The van der Waals surface area contributed by atoms with Gasteiger partial charge in [0.15, 0.2) is 5.72 Å². The van der Waals surface area contributed by atoms with Crippen molar-refractivity contribution in [3.63, 3.8) is 0 Å². The van der Waals surface area contributed by atoms with Crippen molar-refractivity contribution in [3.8, 4) is 0 Å². The largest absolute Gasteiger partial charge is 0.391 e. The van der Waals surface area contributed by atoms with Crippen LogP contribution in [0.2, 0.25) is 0 Å². The molecule has 2 aromatic rings. The molecule has 0 aromatic heterocycles. The van der Waals surface area contributed by atoms with Gasteiger partial charge in [0.2, 0.25) is 0 Å². The lowest BCUT2D eigenvalue weighted by atomic mass is 10.1. The zero-order valence-electron chi connectivity index (χ0n) is 26.1. The lowest BCUT2D eigenvalue weighted by Crippen LogP contribution is -2.56. The topological polar surface area (TPSA) is 51.2 Å². The molecular formula is C36H57NO4. The predicted octanol–water partition coefficient (Wildman–Crippen LogP) is 8.29. The fourth-order valence-electron chi connectivity index (χ4n) is 5.96. The second-order valence-corrected chi connectivity index (χ2v) is 12.0. The van der Waals surface area contributed by atoms with Crippen LogP contribution in [0, 0.1) is 0 Å². The first-order chi connectivity index (χ1) is 20.1. The number of ether oxygens (including phenoxy) is 3. The molecule has 41 heavy (non-hydrogen) atoms. The van der Waals surface area contributed by atoms with Crippen LogP contribution in [0.15, 0.2) is 60.7 Å². The molecule has 0 heterocycles. The predicted molar refractivity (Wildman–Crippen MR) is 169 cm³/mol. The molecule has 0 spiro atoms. The molecule has 1 fully saturated rings. The monoisotopic (exact) mass is 567 g/mol. The highest BCUT2D eigenvalue weighted by molar-refractivity contribution is 5.15. The van der Waals surface area contributed by atoms with Crippen molar-refractivity contribution in [1.29, 1.82) is 0 Å². The van der Waals surface area contributed by atoms with E-state index in [2.05, 4.69) is 74.3 Å². The molecular weight excluding hydrogens is 510 g/mol. The first-order valence-electron chi connectivity index (χ1n) is 16.4. The number of likely N-dealkylation sites (N-methyl/N-ethyl adjacent to an activating group) is 1. The Labute approximate surface area is 250 Å². The van der Waals surface area contributed by atoms with Gasteiger partial charge in [0.1, 0.15) is 6.10 Å². The summed E-state index contributed by atoms with van der Waals surface area (Å²) in [4.78, 5) is 2.37.